The molecule has 0 aliphatic carbocycles. The van der Waals surface area contributed by atoms with E-state index in [4.69, 9.17) is 5.11 Å². The number of carboxylic acid groups (broad SMARTS) is 1. The van der Waals surface area contributed by atoms with Gasteiger partial charge in [-0.05, 0) is 17.9 Å². The fraction of sp³-hybridized carbons (Fsp3) is 0.250. The van der Waals surface area contributed by atoms with Crippen LogP contribution in [0.5, 0.6) is 0 Å². The largest absolute Gasteiger partial charge is 0.481 e. The Morgan fingerprint density at radius 3 is 2.70 bits per heavy atom. The minimum Gasteiger partial charge on any atom is -0.481 e. The van der Waals surface area contributed by atoms with E-state index < -0.39 is 11.9 Å². The van der Waals surface area contributed by atoms with Gasteiger partial charge in [-0.15, -0.1) is 0 Å². The van der Waals surface area contributed by atoms with Gasteiger partial charge in [0, 0.05) is 18.4 Å². The van der Waals surface area contributed by atoms with Crippen LogP contribution in [-0.2, 0) is 9.59 Å². The van der Waals surface area contributed by atoms with E-state index in [1.54, 1.807) is 4.90 Å². The van der Waals surface area contributed by atoms with Gasteiger partial charge in [0.1, 0.15) is 0 Å². The van der Waals surface area contributed by atoms with Crippen molar-refractivity contribution in [2.75, 3.05) is 11.4 Å². The molecule has 102 valence electrons. The smallest absolute Gasteiger partial charge is 0.308 e. The molecule has 3 rings (SSSR count). The third-order valence-corrected chi connectivity index (χ3v) is 3.85. The van der Waals surface area contributed by atoms with Gasteiger partial charge in [-0.1, -0.05) is 36.4 Å². The molecule has 20 heavy (non-hydrogen) atoms. The number of carboxylic acids is 1. The maximum absolute atomic E-state index is 12.1. The average Bonchev–Trinajstić information content (AvgIpc) is 2.81. The average molecular weight is 269 g/mol. The van der Waals surface area contributed by atoms with Crippen LogP contribution in [0, 0.1) is 12.8 Å². The van der Waals surface area contributed by atoms with Gasteiger partial charge in [0.15, 0.2) is 0 Å². The van der Waals surface area contributed by atoms with Crippen LogP contribution in [0.15, 0.2) is 36.4 Å². The van der Waals surface area contributed by atoms with Crippen molar-refractivity contribution < 1.29 is 14.7 Å². The highest BCUT2D eigenvalue weighted by molar-refractivity contribution is 6.07. The second-order valence-electron chi connectivity index (χ2n) is 5.20. The third kappa shape index (κ3) is 1.93. The van der Waals surface area contributed by atoms with Gasteiger partial charge in [-0.3, -0.25) is 9.59 Å². The molecule has 1 atom stereocenters. The Labute approximate surface area is 116 Å². The van der Waals surface area contributed by atoms with Crippen molar-refractivity contribution in [1.82, 2.24) is 0 Å². The van der Waals surface area contributed by atoms with Crippen molar-refractivity contribution in [1.29, 1.82) is 0 Å². The van der Waals surface area contributed by atoms with Crippen molar-refractivity contribution in [3.63, 3.8) is 0 Å². The summed E-state index contributed by atoms with van der Waals surface area (Å²) in [5.41, 5.74) is 1.83. The molecule has 2 aromatic carbocycles. The van der Waals surface area contributed by atoms with Crippen LogP contribution in [-0.4, -0.2) is 23.5 Å². The summed E-state index contributed by atoms with van der Waals surface area (Å²) in [5.74, 6) is -1.63. The summed E-state index contributed by atoms with van der Waals surface area (Å²) in [5, 5.41) is 11.1. The van der Waals surface area contributed by atoms with E-state index in [2.05, 4.69) is 0 Å². The van der Waals surface area contributed by atoms with Crippen LogP contribution in [0.2, 0.25) is 0 Å². The van der Waals surface area contributed by atoms with E-state index in [0.29, 0.717) is 0 Å². The Morgan fingerprint density at radius 1 is 1.25 bits per heavy atom. The fourth-order valence-corrected chi connectivity index (χ4v) is 2.81. The molecule has 2 aromatic rings. The van der Waals surface area contributed by atoms with E-state index in [0.717, 1.165) is 22.0 Å². The standard InChI is InChI=1S/C16H15NO3/c1-10-6-7-11-4-2-3-5-13(11)15(10)17-9-12(16(19)20)8-14(17)18/h2-7,12H,8-9H2,1H3,(H,19,20)/t12-/m0/s1. The molecule has 1 aliphatic rings. The lowest BCUT2D eigenvalue weighted by molar-refractivity contribution is -0.141. The van der Waals surface area contributed by atoms with Gasteiger partial charge in [0.25, 0.3) is 0 Å². The SMILES string of the molecule is Cc1ccc2ccccc2c1N1C[C@@H](C(=O)O)CC1=O. The number of fused-ring (bicyclic) bond motifs is 1. The summed E-state index contributed by atoms with van der Waals surface area (Å²) in [7, 11) is 0. The molecule has 4 heteroatoms. The molecule has 1 heterocycles. The molecule has 1 aliphatic heterocycles. The van der Waals surface area contributed by atoms with Crippen molar-refractivity contribution in [2.24, 2.45) is 5.92 Å². The maximum atomic E-state index is 12.1. The molecule has 0 bridgehead atoms. The molecule has 1 fully saturated rings. The quantitative estimate of drug-likeness (QED) is 0.911. The minimum absolute atomic E-state index is 0.0813. The van der Waals surface area contributed by atoms with Crippen LogP contribution < -0.4 is 4.90 Å². The van der Waals surface area contributed by atoms with Gasteiger partial charge in [-0.2, -0.15) is 0 Å². The van der Waals surface area contributed by atoms with E-state index in [9.17, 15) is 9.59 Å². The summed E-state index contributed by atoms with van der Waals surface area (Å²) in [6, 6.07) is 11.8. The molecule has 1 N–H and O–H groups in total. The molecule has 0 aromatic heterocycles. The number of hydrogen-bond donors (Lipinski definition) is 1. The Balaban J connectivity index is 2.13. The van der Waals surface area contributed by atoms with Crippen molar-refractivity contribution >= 4 is 28.3 Å². The summed E-state index contributed by atoms with van der Waals surface area (Å²) in [6.45, 7) is 2.20. The zero-order valence-electron chi connectivity index (χ0n) is 11.2. The zero-order valence-corrected chi connectivity index (χ0v) is 11.2. The van der Waals surface area contributed by atoms with Crippen LogP contribution in [0.1, 0.15) is 12.0 Å². The Hall–Kier alpha value is -2.36. The number of anilines is 1. The first kappa shape index (κ1) is 12.7. The van der Waals surface area contributed by atoms with Crippen molar-refractivity contribution in [3.05, 3.63) is 42.0 Å². The van der Waals surface area contributed by atoms with Crippen LogP contribution in [0.25, 0.3) is 10.8 Å². The molecular weight excluding hydrogens is 254 g/mol. The van der Waals surface area contributed by atoms with Gasteiger partial charge >= 0.3 is 5.97 Å². The van der Waals surface area contributed by atoms with Crippen LogP contribution in [0.4, 0.5) is 5.69 Å². The third-order valence-electron chi connectivity index (χ3n) is 3.85. The predicted octanol–water partition coefficient (Wildman–Crippen LogP) is 2.59. The second kappa shape index (κ2) is 4.63. The first-order chi connectivity index (χ1) is 9.58. The highest BCUT2D eigenvalue weighted by Crippen LogP contribution is 2.34. The van der Waals surface area contributed by atoms with E-state index >= 15 is 0 Å². The van der Waals surface area contributed by atoms with E-state index in [-0.39, 0.29) is 18.9 Å². The van der Waals surface area contributed by atoms with Gasteiger partial charge in [0.05, 0.1) is 11.6 Å². The van der Waals surface area contributed by atoms with E-state index in [1.165, 1.54) is 0 Å². The number of nitrogens with zero attached hydrogens (tertiary/aromatic N) is 1. The summed E-state index contributed by atoms with van der Waals surface area (Å²) < 4.78 is 0. The Kier molecular flexibility index (Phi) is 2.93. The summed E-state index contributed by atoms with van der Waals surface area (Å²) >= 11 is 0. The van der Waals surface area contributed by atoms with Crippen molar-refractivity contribution in [3.8, 4) is 0 Å². The monoisotopic (exact) mass is 269 g/mol. The number of rotatable bonds is 2. The number of benzene rings is 2. The molecule has 1 amide bonds. The summed E-state index contributed by atoms with van der Waals surface area (Å²) in [4.78, 5) is 24.9. The Bertz CT molecular complexity index is 708. The molecule has 4 nitrogen and oxygen atoms in total. The lowest BCUT2D eigenvalue weighted by Crippen LogP contribution is -2.26. The maximum Gasteiger partial charge on any atom is 0.308 e. The number of carbonyl (C=O) groups is 2. The molecule has 0 unspecified atom stereocenters. The number of aryl methyl sites for hydroxylation is 1. The van der Waals surface area contributed by atoms with E-state index in [1.807, 2.05) is 43.3 Å². The van der Waals surface area contributed by atoms with Gasteiger partial charge < -0.3 is 10.0 Å². The van der Waals surface area contributed by atoms with Gasteiger partial charge in [0.2, 0.25) is 5.91 Å². The zero-order chi connectivity index (χ0) is 14.3. The van der Waals surface area contributed by atoms with Crippen LogP contribution in [0.3, 0.4) is 0 Å². The molecule has 1 saturated heterocycles. The predicted molar refractivity (Wildman–Crippen MR) is 76.8 cm³/mol. The van der Waals surface area contributed by atoms with Crippen molar-refractivity contribution in [2.45, 2.75) is 13.3 Å². The topological polar surface area (TPSA) is 57.6 Å². The molecular formula is C16H15NO3. The number of hydrogen-bond acceptors (Lipinski definition) is 2. The normalized spacial score (nSPS) is 18.8. The molecule has 0 spiro atoms. The number of aliphatic carboxylic acids is 1. The fourth-order valence-electron chi connectivity index (χ4n) is 2.81. The highest BCUT2D eigenvalue weighted by Gasteiger charge is 2.36. The minimum atomic E-state index is -0.904. The second-order valence-corrected chi connectivity index (χ2v) is 5.20. The first-order valence-corrected chi connectivity index (χ1v) is 6.59. The number of amides is 1. The molecule has 0 radical (unpaired) electrons. The van der Waals surface area contributed by atoms with Crippen LogP contribution >= 0.6 is 0 Å². The highest BCUT2D eigenvalue weighted by atomic mass is 16.4. The first-order valence-electron chi connectivity index (χ1n) is 6.59. The Morgan fingerprint density at radius 2 is 2.00 bits per heavy atom. The lowest BCUT2D eigenvalue weighted by atomic mass is 10.0. The summed E-state index contributed by atoms with van der Waals surface area (Å²) in [6.07, 6.45) is 0.0813. The molecule has 0 saturated carbocycles. The number of carbonyl (C=O) groups excluding carboxylic acids is 1. The van der Waals surface area contributed by atoms with Gasteiger partial charge in [-0.25, -0.2) is 0 Å². The lowest BCUT2D eigenvalue weighted by Gasteiger charge is -2.21.